The first-order valence-electron chi connectivity index (χ1n) is 12.6. The van der Waals surface area contributed by atoms with E-state index in [1.54, 1.807) is 30.5 Å². The van der Waals surface area contributed by atoms with Crippen LogP contribution in [-0.2, 0) is 19.9 Å². The van der Waals surface area contributed by atoms with E-state index in [9.17, 15) is 21.6 Å². The Bertz CT molecular complexity index is 1630. The molecule has 2 aliphatic rings. The molecule has 1 aliphatic heterocycles. The van der Waals surface area contributed by atoms with Crippen LogP contribution in [0.3, 0.4) is 0 Å². The van der Waals surface area contributed by atoms with Gasteiger partial charge in [0.05, 0.1) is 27.8 Å². The number of piperazine rings is 1. The number of sulfonamides is 1. The fraction of sp³-hybridized carbons (Fsp3) is 0.385. The van der Waals surface area contributed by atoms with E-state index in [-0.39, 0.29) is 34.7 Å². The normalized spacial score (nSPS) is 17.4. The van der Waals surface area contributed by atoms with Crippen molar-refractivity contribution in [2.45, 2.75) is 41.6 Å². The van der Waals surface area contributed by atoms with Gasteiger partial charge in [-0.1, -0.05) is 17.7 Å². The quantitative estimate of drug-likeness (QED) is 0.411. The monoisotopic (exact) mass is 592 g/mol. The van der Waals surface area contributed by atoms with Crippen LogP contribution >= 0.6 is 11.6 Å². The summed E-state index contributed by atoms with van der Waals surface area (Å²) in [4.78, 5) is 15.6. The zero-order valence-corrected chi connectivity index (χ0v) is 23.8. The van der Waals surface area contributed by atoms with Gasteiger partial charge in [-0.15, -0.1) is 0 Å². The van der Waals surface area contributed by atoms with E-state index in [0.717, 1.165) is 31.9 Å². The van der Waals surface area contributed by atoms with Crippen LogP contribution in [0.4, 0.5) is 5.69 Å². The summed E-state index contributed by atoms with van der Waals surface area (Å²) in [6.45, 7) is 1.00. The number of halogens is 1. The molecule has 0 N–H and O–H groups in total. The molecular formula is C26H29ClN4O6S2. The van der Waals surface area contributed by atoms with E-state index < -0.39 is 25.4 Å². The first-order chi connectivity index (χ1) is 18.5. The maximum absolute atomic E-state index is 13.6. The van der Waals surface area contributed by atoms with Crippen LogP contribution in [0, 0.1) is 0 Å². The molecule has 0 unspecified atom stereocenters. The molecule has 1 saturated heterocycles. The zero-order chi connectivity index (χ0) is 27.8. The van der Waals surface area contributed by atoms with Gasteiger partial charge < -0.3 is 9.64 Å². The summed E-state index contributed by atoms with van der Waals surface area (Å²) in [6.07, 6.45) is 6.39. The third-order valence-electron chi connectivity index (χ3n) is 7.02. The van der Waals surface area contributed by atoms with E-state index in [1.165, 1.54) is 33.3 Å². The van der Waals surface area contributed by atoms with Crippen molar-refractivity contribution in [1.82, 2.24) is 14.1 Å². The van der Waals surface area contributed by atoms with Crippen molar-refractivity contribution >= 4 is 37.1 Å². The summed E-state index contributed by atoms with van der Waals surface area (Å²) in [5.74, 6) is 0.199. The van der Waals surface area contributed by atoms with Gasteiger partial charge in [-0.05, 0) is 68.1 Å². The zero-order valence-electron chi connectivity index (χ0n) is 21.4. The lowest BCUT2D eigenvalue weighted by molar-refractivity contribution is 0.205. The molecule has 0 bridgehead atoms. The molecule has 1 aliphatic carbocycles. The number of aromatic nitrogens is 2. The molecule has 13 heteroatoms. The fourth-order valence-corrected chi connectivity index (χ4v) is 7.14. The van der Waals surface area contributed by atoms with Crippen LogP contribution in [0.15, 0.2) is 69.3 Å². The topological polar surface area (TPSA) is 119 Å². The average Bonchev–Trinajstić information content (AvgIpc) is 3.43. The molecule has 1 saturated carbocycles. The Morgan fingerprint density at radius 1 is 0.923 bits per heavy atom. The molecule has 1 aromatic heterocycles. The minimum atomic E-state index is -3.83. The standard InChI is InChI=1S/C26H29ClN4O6S2/c1-38(33,34)22-9-11-23(12-10-22)39(35,36)30-15-13-29(14-16-30)24-18-28-31(20-6-4-5-19(27)17-20)26(32)25(24)37-21-7-2-3-8-21/h4-6,9-12,17-18,21H,2-3,7-8,13-16H2,1H3. The molecule has 39 heavy (non-hydrogen) atoms. The maximum Gasteiger partial charge on any atom is 0.316 e. The van der Waals surface area contributed by atoms with Crippen LogP contribution in [0.1, 0.15) is 25.7 Å². The third-order valence-corrected chi connectivity index (χ3v) is 10.3. The van der Waals surface area contributed by atoms with Gasteiger partial charge >= 0.3 is 5.56 Å². The second kappa shape index (κ2) is 10.9. The van der Waals surface area contributed by atoms with Gasteiger partial charge in [0.25, 0.3) is 0 Å². The van der Waals surface area contributed by atoms with Crippen molar-refractivity contribution in [1.29, 1.82) is 0 Å². The van der Waals surface area contributed by atoms with Crippen molar-refractivity contribution in [3.05, 3.63) is 70.1 Å². The van der Waals surface area contributed by atoms with Crippen LogP contribution in [0.25, 0.3) is 5.69 Å². The van der Waals surface area contributed by atoms with E-state index >= 15 is 0 Å². The highest BCUT2D eigenvalue weighted by atomic mass is 35.5. The Hall–Kier alpha value is -2.93. The second-order valence-electron chi connectivity index (χ2n) is 9.71. The Morgan fingerprint density at radius 3 is 2.18 bits per heavy atom. The van der Waals surface area contributed by atoms with E-state index in [2.05, 4.69) is 5.10 Å². The molecule has 5 rings (SSSR count). The molecule has 0 atom stereocenters. The molecule has 2 fully saturated rings. The largest absolute Gasteiger partial charge is 0.483 e. The van der Waals surface area contributed by atoms with Crippen molar-refractivity contribution < 1.29 is 21.6 Å². The van der Waals surface area contributed by atoms with Crippen molar-refractivity contribution in [2.75, 3.05) is 37.3 Å². The molecule has 208 valence electrons. The Kier molecular flexibility index (Phi) is 7.73. The summed E-state index contributed by atoms with van der Waals surface area (Å²) >= 11 is 6.14. The Morgan fingerprint density at radius 2 is 1.56 bits per heavy atom. The number of benzene rings is 2. The van der Waals surface area contributed by atoms with Gasteiger partial charge in [-0.25, -0.2) is 16.8 Å². The van der Waals surface area contributed by atoms with Gasteiger partial charge in [0.2, 0.25) is 15.8 Å². The number of sulfone groups is 1. The van der Waals surface area contributed by atoms with Gasteiger partial charge in [-0.3, -0.25) is 4.79 Å². The summed E-state index contributed by atoms with van der Waals surface area (Å²) < 4.78 is 58.8. The maximum atomic E-state index is 13.6. The number of ether oxygens (including phenoxy) is 1. The summed E-state index contributed by atoms with van der Waals surface area (Å²) in [7, 11) is -7.26. The highest BCUT2D eigenvalue weighted by Gasteiger charge is 2.31. The van der Waals surface area contributed by atoms with E-state index in [4.69, 9.17) is 16.3 Å². The van der Waals surface area contributed by atoms with Crippen molar-refractivity contribution in [3.8, 4) is 11.4 Å². The van der Waals surface area contributed by atoms with Crippen LogP contribution < -0.4 is 15.2 Å². The highest BCUT2D eigenvalue weighted by Crippen LogP contribution is 2.31. The highest BCUT2D eigenvalue weighted by molar-refractivity contribution is 7.90. The Labute approximate surface area is 232 Å². The van der Waals surface area contributed by atoms with Gasteiger partial charge in [0.1, 0.15) is 5.69 Å². The third kappa shape index (κ3) is 5.84. The molecule has 10 nitrogen and oxygen atoms in total. The summed E-state index contributed by atoms with van der Waals surface area (Å²) in [6, 6.07) is 12.1. The molecular weight excluding hydrogens is 564 g/mol. The second-order valence-corrected chi connectivity index (χ2v) is 14.1. The predicted octanol–water partition coefficient (Wildman–Crippen LogP) is 3.12. The van der Waals surface area contributed by atoms with Crippen molar-refractivity contribution in [3.63, 3.8) is 0 Å². The molecule has 0 amide bonds. The first kappa shape index (κ1) is 27.6. The Balaban J connectivity index is 1.39. The van der Waals surface area contributed by atoms with Gasteiger partial charge in [-0.2, -0.15) is 14.1 Å². The lowest BCUT2D eigenvalue weighted by atomic mass is 10.2. The fourth-order valence-electron chi connectivity index (χ4n) is 4.91. The summed E-state index contributed by atoms with van der Waals surface area (Å²) in [5.41, 5.74) is 0.649. The summed E-state index contributed by atoms with van der Waals surface area (Å²) in [5, 5.41) is 4.86. The molecule has 0 spiro atoms. The van der Waals surface area contributed by atoms with E-state index in [1.807, 2.05) is 4.90 Å². The number of hydrogen-bond donors (Lipinski definition) is 0. The molecule has 2 aromatic carbocycles. The number of anilines is 1. The van der Waals surface area contributed by atoms with Gasteiger partial charge in [0, 0.05) is 37.5 Å². The SMILES string of the molecule is CS(=O)(=O)c1ccc(S(=O)(=O)N2CCN(c3cnn(-c4cccc(Cl)c4)c(=O)c3OC3CCCC3)CC2)cc1. The lowest BCUT2D eigenvalue weighted by Gasteiger charge is -2.36. The molecule has 2 heterocycles. The molecule has 0 radical (unpaired) electrons. The predicted molar refractivity (Wildman–Crippen MR) is 148 cm³/mol. The van der Waals surface area contributed by atoms with Crippen LogP contribution in [0.5, 0.6) is 5.75 Å². The van der Waals surface area contributed by atoms with Crippen LogP contribution in [-0.4, -0.2) is 69.5 Å². The first-order valence-corrected chi connectivity index (χ1v) is 16.3. The number of rotatable bonds is 7. The number of nitrogens with zero attached hydrogens (tertiary/aromatic N) is 4. The molecule has 3 aromatic rings. The van der Waals surface area contributed by atoms with Crippen LogP contribution in [0.2, 0.25) is 5.02 Å². The lowest BCUT2D eigenvalue weighted by Crippen LogP contribution is -2.49. The minimum Gasteiger partial charge on any atom is -0.483 e. The smallest absolute Gasteiger partial charge is 0.316 e. The minimum absolute atomic E-state index is 0.0272. The average molecular weight is 593 g/mol. The van der Waals surface area contributed by atoms with Gasteiger partial charge in [0.15, 0.2) is 9.84 Å². The van der Waals surface area contributed by atoms with E-state index in [0.29, 0.717) is 29.5 Å². The van der Waals surface area contributed by atoms with Crippen molar-refractivity contribution in [2.24, 2.45) is 0 Å². The number of hydrogen-bond acceptors (Lipinski definition) is 8.